The van der Waals surface area contributed by atoms with Crippen LogP contribution in [0.5, 0.6) is 0 Å². The van der Waals surface area contributed by atoms with Crippen LogP contribution in [0.3, 0.4) is 0 Å². The number of imidazole rings is 2. The van der Waals surface area contributed by atoms with E-state index in [0.717, 1.165) is 0 Å². The zero-order valence-electron chi connectivity index (χ0n) is 18.2. The highest BCUT2D eigenvalue weighted by molar-refractivity contribution is 5.76. The normalized spacial score (nSPS) is 15.8. The summed E-state index contributed by atoms with van der Waals surface area (Å²) in [5.74, 6) is -7.72. The van der Waals surface area contributed by atoms with Crippen LogP contribution in [-0.4, -0.2) is 75.3 Å². The fourth-order valence-electron chi connectivity index (χ4n) is 3.50. The molecule has 37 heavy (non-hydrogen) atoms. The van der Waals surface area contributed by atoms with Crippen LogP contribution in [0.15, 0.2) is 18.7 Å². The first kappa shape index (κ1) is 25.9. The molecular formula is C18H13F8N9O2. The standard InChI is InChI=1S/C16H12F5N9.C2HF3O2/c1-29-3-7-4-30-10(8-2-22-6-23-8)9(12-26-13(28-27-12)16(19,20)21)24-14(30)25-11(7)15(17,18)5-29;3-2(4,5)1(6)7/h2,4,6H,3,5H2,1H3,(H,22,23)(H,26,27,28);(H,6,7). The molecule has 0 saturated heterocycles. The zero-order valence-corrected chi connectivity index (χ0v) is 18.2. The van der Waals surface area contributed by atoms with Gasteiger partial charge in [0.15, 0.2) is 0 Å². The lowest BCUT2D eigenvalue weighted by Gasteiger charge is -2.30. The number of halogens is 8. The number of likely N-dealkylation sites (N-methyl/N-ethyl adjacent to an activating group) is 1. The minimum absolute atomic E-state index is 0.0579. The summed E-state index contributed by atoms with van der Waals surface area (Å²) in [6, 6.07) is 0. The lowest BCUT2D eigenvalue weighted by Crippen LogP contribution is -2.39. The average Bonchev–Trinajstić information content (AvgIpc) is 3.50. The molecule has 4 aromatic heterocycles. The third-order valence-corrected chi connectivity index (χ3v) is 4.91. The summed E-state index contributed by atoms with van der Waals surface area (Å²) in [5.41, 5.74) is 0.442. The number of aliphatic carboxylic acids is 1. The zero-order chi connectivity index (χ0) is 27.3. The number of H-pyrrole nitrogens is 2. The van der Waals surface area contributed by atoms with Crippen LogP contribution in [0.25, 0.3) is 28.7 Å². The molecule has 3 N–H and O–H groups in total. The van der Waals surface area contributed by atoms with Crippen molar-refractivity contribution in [1.82, 2.24) is 44.4 Å². The summed E-state index contributed by atoms with van der Waals surface area (Å²) in [6.07, 6.45) is -5.58. The van der Waals surface area contributed by atoms with Gasteiger partial charge in [0.05, 0.1) is 24.8 Å². The summed E-state index contributed by atoms with van der Waals surface area (Å²) in [6.45, 7) is -0.275. The molecular weight excluding hydrogens is 526 g/mol. The molecule has 19 heteroatoms. The van der Waals surface area contributed by atoms with Crippen molar-refractivity contribution in [2.45, 2.75) is 24.8 Å². The van der Waals surface area contributed by atoms with Crippen molar-refractivity contribution < 1.29 is 45.0 Å². The second-order valence-corrected chi connectivity index (χ2v) is 7.74. The molecule has 5 heterocycles. The number of rotatable bonds is 2. The Morgan fingerprint density at radius 2 is 1.81 bits per heavy atom. The molecule has 0 saturated carbocycles. The van der Waals surface area contributed by atoms with Crippen LogP contribution in [0.1, 0.15) is 17.1 Å². The molecule has 0 radical (unpaired) electrons. The summed E-state index contributed by atoms with van der Waals surface area (Å²) >= 11 is 0. The molecule has 198 valence electrons. The molecule has 11 nitrogen and oxygen atoms in total. The number of nitrogens with one attached hydrogen (secondary N) is 2. The fourth-order valence-corrected chi connectivity index (χ4v) is 3.50. The quantitative estimate of drug-likeness (QED) is 0.330. The van der Waals surface area contributed by atoms with E-state index in [2.05, 4.69) is 30.0 Å². The third-order valence-electron chi connectivity index (χ3n) is 4.91. The van der Waals surface area contributed by atoms with Crippen LogP contribution in [0.4, 0.5) is 35.1 Å². The number of carboxylic acid groups (broad SMARTS) is 1. The molecule has 0 unspecified atom stereocenters. The highest BCUT2D eigenvalue weighted by Crippen LogP contribution is 2.37. The smallest absolute Gasteiger partial charge is 0.475 e. The Balaban J connectivity index is 0.000000405. The second-order valence-electron chi connectivity index (χ2n) is 7.74. The van der Waals surface area contributed by atoms with Gasteiger partial charge in [-0.15, -0.1) is 0 Å². The molecule has 1 aliphatic heterocycles. The maximum absolute atomic E-state index is 14.5. The summed E-state index contributed by atoms with van der Waals surface area (Å²) in [4.78, 5) is 28.8. The Bertz CT molecular complexity index is 1440. The van der Waals surface area contributed by atoms with Gasteiger partial charge < -0.3 is 10.1 Å². The third kappa shape index (κ3) is 5.06. The van der Waals surface area contributed by atoms with E-state index in [0.29, 0.717) is 5.69 Å². The van der Waals surface area contributed by atoms with Gasteiger partial charge in [-0.25, -0.2) is 24.7 Å². The van der Waals surface area contributed by atoms with E-state index in [1.54, 1.807) is 7.05 Å². The van der Waals surface area contributed by atoms with E-state index in [4.69, 9.17) is 9.90 Å². The maximum Gasteiger partial charge on any atom is 0.490 e. The van der Waals surface area contributed by atoms with Crippen molar-refractivity contribution in [2.75, 3.05) is 13.6 Å². The van der Waals surface area contributed by atoms with Crippen molar-refractivity contribution in [1.29, 1.82) is 0 Å². The Labute approximate surface area is 199 Å². The molecule has 0 fully saturated rings. The van der Waals surface area contributed by atoms with Gasteiger partial charge in [0.25, 0.3) is 0 Å². The van der Waals surface area contributed by atoms with Gasteiger partial charge in [-0.3, -0.25) is 14.4 Å². The largest absolute Gasteiger partial charge is 0.490 e. The number of nitrogens with zero attached hydrogens (tertiary/aromatic N) is 7. The molecule has 0 bridgehead atoms. The number of aromatic amines is 2. The Morgan fingerprint density at radius 3 is 2.35 bits per heavy atom. The Kier molecular flexibility index (Phi) is 6.13. The van der Waals surface area contributed by atoms with E-state index >= 15 is 0 Å². The molecule has 0 aliphatic carbocycles. The maximum atomic E-state index is 14.5. The van der Waals surface area contributed by atoms with Gasteiger partial charge in [0.2, 0.25) is 17.4 Å². The minimum Gasteiger partial charge on any atom is -0.475 e. The average molecular weight is 539 g/mol. The molecule has 4 aromatic rings. The van der Waals surface area contributed by atoms with Crippen LogP contribution < -0.4 is 0 Å². The second kappa shape index (κ2) is 8.75. The van der Waals surface area contributed by atoms with Gasteiger partial charge >= 0.3 is 24.2 Å². The molecule has 1 aliphatic rings. The van der Waals surface area contributed by atoms with Gasteiger partial charge in [-0.2, -0.15) is 40.2 Å². The van der Waals surface area contributed by atoms with Gasteiger partial charge in [0.1, 0.15) is 17.1 Å². The van der Waals surface area contributed by atoms with E-state index in [1.165, 1.54) is 28.0 Å². The van der Waals surface area contributed by atoms with E-state index in [9.17, 15) is 35.1 Å². The highest BCUT2D eigenvalue weighted by Gasteiger charge is 2.42. The topological polar surface area (TPSA) is 141 Å². The van der Waals surface area contributed by atoms with Crippen LogP contribution in [0, 0.1) is 0 Å². The first-order chi connectivity index (χ1) is 17.1. The molecule has 0 amide bonds. The fraction of sp³-hybridized carbons (Fsp3) is 0.333. The SMILES string of the molecule is CN1Cc2cn3c(-c4cnc[nH]4)c(-c4n[nH]c(C(F)(F)F)n4)nc3nc2C(F)(F)C1.O=C(O)C(F)(F)F. The van der Waals surface area contributed by atoms with Crippen LogP contribution in [-0.2, 0) is 23.4 Å². The summed E-state index contributed by atoms with van der Waals surface area (Å²) < 4.78 is 101. The van der Waals surface area contributed by atoms with Gasteiger partial charge in [0, 0.05) is 18.3 Å². The number of hydrogen-bond donors (Lipinski definition) is 3. The van der Waals surface area contributed by atoms with Crippen molar-refractivity contribution >= 4 is 11.7 Å². The number of carboxylic acids is 1. The van der Waals surface area contributed by atoms with Crippen molar-refractivity contribution in [3.63, 3.8) is 0 Å². The molecule has 0 atom stereocenters. The first-order valence-corrected chi connectivity index (χ1v) is 9.85. The predicted octanol–water partition coefficient (Wildman–Crippen LogP) is 3.09. The van der Waals surface area contributed by atoms with Crippen LogP contribution in [0.2, 0.25) is 0 Å². The number of hydrogen-bond acceptors (Lipinski definition) is 7. The van der Waals surface area contributed by atoms with E-state index in [1.807, 2.05) is 5.10 Å². The lowest BCUT2D eigenvalue weighted by molar-refractivity contribution is -0.192. The molecule has 0 aromatic carbocycles. The van der Waals surface area contributed by atoms with Gasteiger partial charge in [-0.05, 0) is 7.05 Å². The van der Waals surface area contributed by atoms with Crippen LogP contribution >= 0.6 is 0 Å². The number of fused-ring (bicyclic) bond motifs is 2. The predicted molar refractivity (Wildman–Crippen MR) is 105 cm³/mol. The number of alkyl halides is 8. The Morgan fingerprint density at radius 1 is 1.14 bits per heavy atom. The number of carbonyl (C=O) groups is 1. The monoisotopic (exact) mass is 539 g/mol. The van der Waals surface area contributed by atoms with Crippen molar-refractivity contribution in [3.8, 4) is 22.9 Å². The van der Waals surface area contributed by atoms with E-state index in [-0.39, 0.29) is 35.1 Å². The molecule has 5 rings (SSSR count). The summed E-state index contributed by atoms with van der Waals surface area (Å²) in [7, 11) is 1.56. The van der Waals surface area contributed by atoms with E-state index < -0.39 is 42.3 Å². The van der Waals surface area contributed by atoms with Crippen molar-refractivity contribution in [2.24, 2.45) is 0 Å². The minimum atomic E-state index is -5.08. The highest BCUT2D eigenvalue weighted by atomic mass is 19.4. The lowest BCUT2D eigenvalue weighted by atomic mass is 10.0. The van der Waals surface area contributed by atoms with Crippen molar-refractivity contribution in [3.05, 3.63) is 35.8 Å². The summed E-state index contributed by atoms with van der Waals surface area (Å²) in [5, 5.41) is 12.6. The van der Waals surface area contributed by atoms with Gasteiger partial charge in [-0.1, -0.05) is 0 Å². The first-order valence-electron chi connectivity index (χ1n) is 9.85. The Hall–Kier alpha value is -4.16. The number of aromatic nitrogens is 8. The molecule has 0 spiro atoms.